The maximum atomic E-state index is 13.0. The molecule has 0 bridgehead atoms. The number of halogens is 1. The summed E-state index contributed by atoms with van der Waals surface area (Å²) in [7, 11) is 0. The van der Waals surface area contributed by atoms with E-state index in [2.05, 4.69) is 15.3 Å². The lowest BCUT2D eigenvalue weighted by Gasteiger charge is -2.02. The number of ether oxygens (including phenoxy) is 2. The van der Waals surface area contributed by atoms with Crippen LogP contribution in [0.25, 0.3) is 27.1 Å². The molecule has 1 aliphatic rings. The highest BCUT2D eigenvalue weighted by molar-refractivity contribution is 7.19. The van der Waals surface area contributed by atoms with Gasteiger partial charge < -0.3 is 13.9 Å². The molecule has 0 N–H and O–H groups in total. The van der Waals surface area contributed by atoms with Crippen LogP contribution in [0.3, 0.4) is 0 Å². The second-order valence-electron chi connectivity index (χ2n) is 7.09. The van der Waals surface area contributed by atoms with Crippen LogP contribution in [0.5, 0.6) is 11.5 Å². The highest BCUT2D eigenvalue weighted by Crippen LogP contribution is 2.33. The van der Waals surface area contributed by atoms with Gasteiger partial charge >= 0.3 is 0 Å². The van der Waals surface area contributed by atoms with E-state index < -0.39 is 0 Å². The molecular weight excluding hydrogens is 452 g/mol. The van der Waals surface area contributed by atoms with Gasteiger partial charge in [0.25, 0.3) is 5.56 Å². The first-order chi connectivity index (χ1) is 15.6. The summed E-state index contributed by atoms with van der Waals surface area (Å²) in [6.45, 7) is 0.196. The number of hydrogen-bond acceptors (Lipinski definition) is 8. The number of aromatic nitrogens is 4. The van der Waals surface area contributed by atoms with E-state index in [0.717, 1.165) is 11.1 Å². The molecular formula is C22H13ClN4O4S. The van der Waals surface area contributed by atoms with E-state index in [1.54, 1.807) is 12.1 Å². The Labute approximate surface area is 189 Å². The second kappa shape index (κ2) is 7.47. The zero-order chi connectivity index (χ0) is 21.7. The highest BCUT2D eigenvalue weighted by atomic mass is 35.5. The topological polar surface area (TPSA) is 91.8 Å². The number of rotatable bonds is 4. The smallest absolute Gasteiger partial charge is 0.297 e. The van der Waals surface area contributed by atoms with Gasteiger partial charge in [0, 0.05) is 17.0 Å². The van der Waals surface area contributed by atoms with Crippen LogP contribution in [0.4, 0.5) is 0 Å². The van der Waals surface area contributed by atoms with Crippen molar-refractivity contribution in [1.82, 2.24) is 19.8 Å². The predicted molar refractivity (Wildman–Crippen MR) is 118 cm³/mol. The average Bonchev–Trinajstić information content (AvgIpc) is 3.55. The second-order valence-corrected chi connectivity index (χ2v) is 8.48. The molecule has 158 valence electrons. The summed E-state index contributed by atoms with van der Waals surface area (Å²) < 4.78 is 17.9. The van der Waals surface area contributed by atoms with Crippen molar-refractivity contribution in [2.45, 2.75) is 6.42 Å². The van der Waals surface area contributed by atoms with E-state index in [-0.39, 0.29) is 12.4 Å². The van der Waals surface area contributed by atoms with Crippen molar-refractivity contribution in [1.29, 1.82) is 0 Å². The molecule has 2 aromatic carbocycles. The number of hydrogen-bond donors (Lipinski definition) is 0. The fourth-order valence-corrected chi connectivity index (χ4v) is 4.35. The Morgan fingerprint density at radius 2 is 1.78 bits per heavy atom. The van der Waals surface area contributed by atoms with Gasteiger partial charge in [-0.25, -0.2) is 0 Å². The van der Waals surface area contributed by atoms with Gasteiger partial charge in [-0.1, -0.05) is 29.0 Å². The molecule has 0 saturated heterocycles. The summed E-state index contributed by atoms with van der Waals surface area (Å²) in [4.78, 5) is 13.4. The molecule has 3 aromatic heterocycles. The lowest BCUT2D eigenvalue weighted by atomic mass is 10.1. The molecule has 8 nitrogen and oxygen atoms in total. The molecule has 1 aliphatic heterocycles. The first-order valence-corrected chi connectivity index (χ1v) is 10.8. The van der Waals surface area contributed by atoms with Crippen LogP contribution in [0.1, 0.15) is 11.3 Å². The van der Waals surface area contributed by atoms with E-state index in [9.17, 15) is 4.79 Å². The lowest BCUT2D eigenvalue weighted by molar-refractivity contribution is 0.174. The van der Waals surface area contributed by atoms with Crippen LogP contribution in [0, 0.1) is 0 Å². The van der Waals surface area contributed by atoms with Crippen molar-refractivity contribution < 1.29 is 13.9 Å². The summed E-state index contributed by atoms with van der Waals surface area (Å²) in [6, 6.07) is 16.5. The molecule has 4 heterocycles. The predicted octanol–water partition coefficient (Wildman–Crippen LogP) is 4.45. The zero-order valence-electron chi connectivity index (χ0n) is 16.3. The Morgan fingerprint density at radius 1 is 0.969 bits per heavy atom. The van der Waals surface area contributed by atoms with Crippen molar-refractivity contribution in [2.24, 2.45) is 0 Å². The Hall–Kier alpha value is -3.69. The van der Waals surface area contributed by atoms with Crippen molar-refractivity contribution >= 4 is 27.9 Å². The SMILES string of the molecule is O=c1c(Cc2ccc3c(c2)OCO3)nnc2sc(-c3ccc(-c4ccc(Cl)cc4)o3)nn12. The maximum absolute atomic E-state index is 13.0. The Kier molecular flexibility index (Phi) is 4.44. The minimum absolute atomic E-state index is 0.196. The summed E-state index contributed by atoms with van der Waals surface area (Å²) in [5, 5.41) is 13.9. The van der Waals surface area contributed by atoms with Crippen molar-refractivity contribution in [2.75, 3.05) is 6.79 Å². The normalized spacial score (nSPS) is 12.5. The van der Waals surface area contributed by atoms with Crippen LogP contribution >= 0.6 is 22.9 Å². The van der Waals surface area contributed by atoms with Crippen LogP contribution in [0.2, 0.25) is 5.02 Å². The van der Waals surface area contributed by atoms with E-state index in [4.69, 9.17) is 25.5 Å². The summed E-state index contributed by atoms with van der Waals surface area (Å²) >= 11 is 7.19. The third-order valence-corrected chi connectivity index (χ3v) is 6.17. The minimum atomic E-state index is -0.320. The van der Waals surface area contributed by atoms with Crippen LogP contribution in [-0.2, 0) is 6.42 Å². The standard InChI is InChI=1S/C22H13ClN4O4S/c23-14-4-2-13(3-5-14)16-7-8-18(31-16)20-26-27-21(28)15(24-25-22(27)32-20)9-12-1-6-17-19(10-12)30-11-29-17/h1-8,10H,9,11H2. The molecule has 0 radical (unpaired) electrons. The number of furan rings is 1. The summed E-state index contributed by atoms with van der Waals surface area (Å²) in [5.74, 6) is 2.56. The largest absolute Gasteiger partial charge is 0.454 e. The van der Waals surface area contributed by atoms with E-state index in [1.165, 1.54) is 15.9 Å². The molecule has 0 saturated carbocycles. The molecule has 5 aromatic rings. The average molecular weight is 465 g/mol. The van der Waals surface area contributed by atoms with Crippen molar-refractivity contribution in [3.8, 4) is 33.6 Å². The van der Waals surface area contributed by atoms with Crippen LogP contribution < -0.4 is 15.0 Å². The fourth-order valence-electron chi connectivity index (χ4n) is 3.42. The highest BCUT2D eigenvalue weighted by Gasteiger charge is 2.18. The quantitative estimate of drug-likeness (QED) is 0.388. The zero-order valence-corrected chi connectivity index (χ0v) is 17.9. The van der Waals surface area contributed by atoms with Gasteiger partial charge in [-0.15, -0.1) is 15.3 Å². The van der Waals surface area contributed by atoms with Crippen molar-refractivity contribution in [3.63, 3.8) is 0 Å². The van der Waals surface area contributed by atoms with Crippen LogP contribution in [-0.4, -0.2) is 26.6 Å². The van der Waals surface area contributed by atoms with Gasteiger partial charge in [0.05, 0.1) is 0 Å². The molecule has 0 atom stereocenters. The molecule has 0 amide bonds. The summed E-state index contributed by atoms with van der Waals surface area (Å²) in [5.41, 5.74) is 1.73. The lowest BCUT2D eigenvalue weighted by Crippen LogP contribution is -2.22. The van der Waals surface area contributed by atoms with Crippen molar-refractivity contribution in [3.05, 3.63) is 81.2 Å². The first-order valence-electron chi connectivity index (χ1n) is 9.64. The van der Waals surface area contributed by atoms with Crippen LogP contribution in [0.15, 0.2) is 63.8 Å². The third-order valence-electron chi connectivity index (χ3n) is 5.01. The van der Waals surface area contributed by atoms with Gasteiger partial charge in [-0.05, 0) is 54.1 Å². The molecule has 32 heavy (non-hydrogen) atoms. The van der Waals surface area contributed by atoms with E-state index in [0.29, 0.717) is 50.1 Å². The molecule has 0 fully saturated rings. The first kappa shape index (κ1) is 19.0. The van der Waals surface area contributed by atoms with Gasteiger partial charge in [0.2, 0.25) is 11.8 Å². The number of nitrogens with zero attached hydrogens (tertiary/aromatic N) is 4. The Morgan fingerprint density at radius 3 is 2.66 bits per heavy atom. The van der Waals surface area contributed by atoms with E-state index >= 15 is 0 Å². The Balaban J connectivity index is 1.32. The maximum Gasteiger partial charge on any atom is 0.297 e. The third kappa shape index (κ3) is 3.31. The summed E-state index contributed by atoms with van der Waals surface area (Å²) in [6.07, 6.45) is 0.305. The Bertz CT molecular complexity index is 1520. The van der Waals surface area contributed by atoms with Gasteiger partial charge in [0.1, 0.15) is 11.5 Å². The molecule has 6 rings (SSSR count). The minimum Gasteiger partial charge on any atom is -0.454 e. The molecule has 0 aliphatic carbocycles. The number of benzene rings is 2. The van der Waals surface area contributed by atoms with Gasteiger partial charge in [-0.3, -0.25) is 4.79 Å². The molecule has 10 heteroatoms. The van der Waals surface area contributed by atoms with E-state index in [1.807, 2.05) is 42.5 Å². The molecule has 0 spiro atoms. The fraction of sp³-hybridized carbons (Fsp3) is 0.0909. The number of fused-ring (bicyclic) bond motifs is 2. The monoisotopic (exact) mass is 464 g/mol. The van der Waals surface area contributed by atoms with Gasteiger partial charge in [0.15, 0.2) is 22.3 Å². The van der Waals surface area contributed by atoms with Gasteiger partial charge in [-0.2, -0.15) is 4.52 Å². The molecule has 0 unspecified atom stereocenters.